The zero-order valence-electron chi connectivity index (χ0n) is 31.5. The van der Waals surface area contributed by atoms with E-state index in [1.807, 2.05) is 27.8 Å². The fraction of sp³-hybridized carbons (Fsp3) is 0.914. The maximum atomic E-state index is 13.7. The molecule has 52 heavy (non-hydrogen) atoms. The topological polar surface area (TPSA) is 219 Å². The van der Waals surface area contributed by atoms with Gasteiger partial charge in [-0.1, -0.05) is 6.42 Å². The fourth-order valence-corrected chi connectivity index (χ4v) is 6.31. The summed E-state index contributed by atoms with van der Waals surface area (Å²) in [6.45, 7) is 6.68. The molecule has 3 amide bonds. The maximum absolute atomic E-state index is 13.7. The first kappa shape index (κ1) is 44.4. The summed E-state index contributed by atoms with van der Waals surface area (Å²) in [4.78, 5) is 41.7. The molecular formula is C35H65N5O12. The van der Waals surface area contributed by atoms with E-state index in [9.17, 15) is 29.7 Å². The van der Waals surface area contributed by atoms with E-state index < -0.39 is 55.0 Å². The number of aliphatic hydroxyl groups is 3. The molecule has 0 aromatic carbocycles. The van der Waals surface area contributed by atoms with Gasteiger partial charge in [0.2, 0.25) is 17.7 Å². The van der Waals surface area contributed by atoms with Gasteiger partial charge in [-0.2, -0.15) is 0 Å². The number of aliphatic hydroxyl groups excluding tert-OH is 3. The third-order valence-electron chi connectivity index (χ3n) is 9.34. The number of carbonyl (C=O) groups is 3. The lowest BCUT2D eigenvalue weighted by Crippen LogP contribution is -2.54. The molecule has 3 aliphatic heterocycles. The van der Waals surface area contributed by atoms with E-state index in [0.717, 1.165) is 32.2 Å². The van der Waals surface area contributed by atoms with E-state index in [-0.39, 0.29) is 76.8 Å². The van der Waals surface area contributed by atoms with Crippen molar-refractivity contribution in [2.75, 3.05) is 66.1 Å². The van der Waals surface area contributed by atoms with Gasteiger partial charge in [-0.15, -0.1) is 0 Å². The summed E-state index contributed by atoms with van der Waals surface area (Å²) in [6.07, 6.45) is 1.05. The lowest BCUT2D eigenvalue weighted by Gasteiger charge is -2.32. The van der Waals surface area contributed by atoms with Gasteiger partial charge in [0.1, 0.15) is 18.3 Å². The third kappa shape index (κ3) is 16.5. The lowest BCUT2D eigenvalue weighted by atomic mass is 10.1. The zero-order chi connectivity index (χ0) is 37.9. The predicted octanol–water partition coefficient (Wildman–Crippen LogP) is -0.897. The molecule has 17 nitrogen and oxygen atoms in total. The van der Waals surface area contributed by atoms with Gasteiger partial charge in [-0.3, -0.25) is 19.3 Å². The molecule has 10 atom stereocenters. The molecule has 0 aromatic rings. The fourth-order valence-electron chi connectivity index (χ4n) is 6.31. The van der Waals surface area contributed by atoms with Crippen LogP contribution in [0.4, 0.5) is 0 Å². The highest BCUT2D eigenvalue weighted by Crippen LogP contribution is 2.22. The Balaban J connectivity index is 1.59. The van der Waals surface area contributed by atoms with Crippen LogP contribution in [0.1, 0.15) is 78.6 Å². The van der Waals surface area contributed by atoms with Crippen molar-refractivity contribution in [2.45, 2.75) is 140 Å². The molecular weight excluding hydrogens is 682 g/mol. The van der Waals surface area contributed by atoms with Gasteiger partial charge in [0.25, 0.3) is 0 Å². The number of hydrogen-bond acceptors (Lipinski definition) is 14. The second-order valence-electron chi connectivity index (χ2n) is 14.0. The summed E-state index contributed by atoms with van der Waals surface area (Å²) in [6, 6.07) is -0.822. The Morgan fingerprint density at radius 2 is 1.04 bits per heavy atom. The summed E-state index contributed by atoms with van der Waals surface area (Å²) in [5, 5.41) is 42.1. The van der Waals surface area contributed by atoms with Crippen molar-refractivity contribution in [2.24, 2.45) is 0 Å². The van der Waals surface area contributed by atoms with E-state index >= 15 is 0 Å². The van der Waals surface area contributed by atoms with Crippen LogP contribution in [-0.4, -0.2) is 166 Å². The third-order valence-corrected chi connectivity index (χ3v) is 9.34. The molecule has 3 fully saturated rings. The molecule has 3 rings (SSSR count). The smallest absolute Gasteiger partial charge is 0.237 e. The van der Waals surface area contributed by atoms with Crippen molar-refractivity contribution in [1.82, 2.24) is 26.2 Å². The second kappa shape index (κ2) is 24.4. The Morgan fingerprint density at radius 3 is 1.44 bits per heavy atom. The van der Waals surface area contributed by atoms with Crippen molar-refractivity contribution in [3.63, 3.8) is 0 Å². The quantitative estimate of drug-likeness (QED) is 0.0631. The molecule has 0 saturated carbocycles. The Labute approximate surface area is 308 Å². The Kier molecular flexibility index (Phi) is 20.8. The number of ether oxygens (including phenoxy) is 6. The van der Waals surface area contributed by atoms with Gasteiger partial charge in [0, 0.05) is 19.6 Å². The SMILES string of the molecule is CNCCCC[C@@H](C(=O)NCCO[C@@H]1O[C@@H](C)CC[C@@H]1O)N(CC(=O)NCCO[C@@H]1O[C@@H](C)CC[C@@H]1O)CC(=O)NCCO[C@@H]1O[C@@H](C)CC[C@@H]1O. The summed E-state index contributed by atoms with van der Waals surface area (Å²) >= 11 is 0. The highest BCUT2D eigenvalue weighted by molar-refractivity contribution is 5.86. The minimum absolute atomic E-state index is 0.0382. The molecule has 0 aliphatic carbocycles. The van der Waals surface area contributed by atoms with Crippen molar-refractivity contribution < 1.29 is 58.1 Å². The maximum Gasteiger partial charge on any atom is 0.237 e. The number of rotatable bonds is 23. The number of nitrogens with one attached hydrogen (secondary N) is 4. The first-order chi connectivity index (χ1) is 25.0. The van der Waals surface area contributed by atoms with E-state index in [0.29, 0.717) is 32.1 Å². The molecule has 3 heterocycles. The Bertz CT molecular complexity index is 998. The monoisotopic (exact) mass is 747 g/mol. The molecule has 3 aliphatic rings. The van der Waals surface area contributed by atoms with Crippen LogP contribution in [-0.2, 0) is 42.8 Å². The first-order valence-electron chi connectivity index (χ1n) is 19.0. The standard InChI is InChI=1S/C35H65N5O12/c1-23-8-11-27(41)33(50-23)47-18-15-37-30(44)21-40(22-31(45)38-16-19-48-34-28(42)12-9-24(2)51-34)26(7-5-6-14-36-4)32(46)39-17-20-49-35-29(43)13-10-25(3)52-35/h23-29,33-36,41-43H,5-22H2,1-4H3,(H,37,44)(H,38,45)(H,39,46)/t23-,24-,25-,26-,27-,28-,29-,33+,34+,35+/m0/s1. The molecule has 0 unspecified atom stereocenters. The summed E-state index contributed by atoms with van der Waals surface area (Å²) in [5.74, 6) is -1.19. The van der Waals surface area contributed by atoms with Crippen LogP contribution >= 0.6 is 0 Å². The van der Waals surface area contributed by atoms with Crippen LogP contribution < -0.4 is 21.3 Å². The number of carbonyl (C=O) groups excluding carboxylic acids is 3. The van der Waals surface area contributed by atoms with Gasteiger partial charge < -0.3 is 65.0 Å². The van der Waals surface area contributed by atoms with E-state index in [4.69, 9.17) is 28.4 Å². The number of nitrogens with zero attached hydrogens (tertiary/aromatic N) is 1. The van der Waals surface area contributed by atoms with Crippen LogP contribution in [0.5, 0.6) is 0 Å². The van der Waals surface area contributed by atoms with Crippen molar-refractivity contribution in [3.05, 3.63) is 0 Å². The highest BCUT2D eigenvalue weighted by atomic mass is 16.7. The minimum Gasteiger partial charge on any atom is -0.388 e. The van der Waals surface area contributed by atoms with E-state index in [1.54, 1.807) is 4.90 Å². The Morgan fingerprint density at radius 1 is 0.635 bits per heavy atom. The zero-order valence-corrected chi connectivity index (χ0v) is 31.5. The first-order valence-corrected chi connectivity index (χ1v) is 19.0. The molecule has 7 N–H and O–H groups in total. The van der Waals surface area contributed by atoms with Crippen molar-refractivity contribution >= 4 is 17.7 Å². The van der Waals surface area contributed by atoms with Gasteiger partial charge in [-0.05, 0) is 85.7 Å². The average molecular weight is 748 g/mol. The summed E-state index contributed by atoms with van der Waals surface area (Å²) in [7, 11) is 1.84. The van der Waals surface area contributed by atoms with E-state index in [1.165, 1.54) is 0 Å². The largest absolute Gasteiger partial charge is 0.388 e. The predicted molar refractivity (Wildman–Crippen MR) is 189 cm³/mol. The number of hydrogen-bond donors (Lipinski definition) is 7. The molecule has 3 saturated heterocycles. The molecule has 0 bridgehead atoms. The van der Waals surface area contributed by atoms with Gasteiger partial charge in [0.15, 0.2) is 18.9 Å². The molecule has 17 heteroatoms. The van der Waals surface area contributed by atoms with Crippen LogP contribution in [0.15, 0.2) is 0 Å². The Hall–Kier alpha value is -2.03. The minimum atomic E-state index is -0.822. The van der Waals surface area contributed by atoms with Crippen LogP contribution in [0.25, 0.3) is 0 Å². The summed E-state index contributed by atoms with van der Waals surface area (Å²) in [5.41, 5.74) is 0. The molecule has 302 valence electrons. The lowest BCUT2D eigenvalue weighted by molar-refractivity contribution is -0.235. The highest BCUT2D eigenvalue weighted by Gasteiger charge is 2.32. The van der Waals surface area contributed by atoms with Crippen LogP contribution in [0, 0.1) is 0 Å². The number of unbranched alkanes of at least 4 members (excludes halogenated alkanes) is 1. The van der Waals surface area contributed by atoms with Crippen LogP contribution in [0.2, 0.25) is 0 Å². The number of amides is 3. The average Bonchev–Trinajstić information content (AvgIpc) is 3.11. The van der Waals surface area contributed by atoms with Gasteiger partial charge in [-0.25, -0.2) is 0 Å². The van der Waals surface area contributed by atoms with Gasteiger partial charge in [0.05, 0.1) is 57.3 Å². The second-order valence-corrected chi connectivity index (χ2v) is 14.0. The molecule has 0 radical (unpaired) electrons. The van der Waals surface area contributed by atoms with Gasteiger partial charge >= 0.3 is 0 Å². The summed E-state index contributed by atoms with van der Waals surface area (Å²) < 4.78 is 34.0. The van der Waals surface area contributed by atoms with Crippen molar-refractivity contribution in [3.8, 4) is 0 Å². The van der Waals surface area contributed by atoms with E-state index in [2.05, 4.69) is 21.3 Å². The normalized spacial score (nSPS) is 30.1. The molecule has 0 aromatic heterocycles. The van der Waals surface area contributed by atoms with Crippen molar-refractivity contribution in [1.29, 1.82) is 0 Å². The van der Waals surface area contributed by atoms with Crippen LogP contribution in [0.3, 0.4) is 0 Å². The molecule has 0 spiro atoms.